The van der Waals surface area contributed by atoms with Crippen LogP contribution >= 0.6 is 0 Å². The zero-order chi connectivity index (χ0) is 13.0. The van der Waals surface area contributed by atoms with E-state index in [0.717, 1.165) is 17.0 Å². The lowest BCUT2D eigenvalue weighted by molar-refractivity contribution is 0.0988. The molecular formula is C15H15NO2. The molecule has 1 heterocycles. The number of rotatable bonds is 4. The Bertz CT molecular complexity index is 547. The Hall–Kier alpha value is -2.16. The van der Waals surface area contributed by atoms with Crippen LogP contribution in [0.4, 0.5) is 0 Å². The molecule has 92 valence electrons. The van der Waals surface area contributed by atoms with E-state index in [2.05, 4.69) is 4.98 Å². The van der Waals surface area contributed by atoms with Crippen LogP contribution in [0, 0.1) is 0 Å². The van der Waals surface area contributed by atoms with Crippen LogP contribution in [0.2, 0.25) is 0 Å². The maximum Gasteiger partial charge on any atom is 0.162 e. The van der Waals surface area contributed by atoms with Gasteiger partial charge in [0.2, 0.25) is 0 Å². The Morgan fingerprint density at radius 1 is 1.22 bits per heavy atom. The van der Waals surface area contributed by atoms with Crippen molar-refractivity contribution in [3.8, 4) is 17.0 Å². The van der Waals surface area contributed by atoms with Crippen LogP contribution in [0.25, 0.3) is 11.3 Å². The molecule has 0 amide bonds. The van der Waals surface area contributed by atoms with Crippen molar-refractivity contribution in [2.75, 3.05) is 7.11 Å². The Labute approximate surface area is 106 Å². The van der Waals surface area contributed by atoms with Gasteiger partial charge in [0.05, 0.1) is 12.8 Å². The lowest BCUT2D eigenvalue weighted by Crippen LogP contribution is -1.97. The van der Waals surface area contributed by atoms with Gasteiger partial charge in [-0.05, 0) is 36.4 Å². The first-order valence-corrected chi connectivity index (χ1v) is 5.88. The van der Waals surface area contributed by atoms with Crippen molar-refractivity contribution in [2.45, 2.75) is 13.3 Å². The molecule has 18 heavy (non-hydrogen) atoms. The highest BCUT2D eigenvalue weighted by Crippen LogP contribution is 2.21. The van der Waals surface area contributed by atoms with Crippen molar-refractivity contribution in [2.24, 2.45) is 0 Å². The largest absolute Gasteiger partial charge is 0.497 e. The average Bonchev–Trinajstić information content (AvgIpc) is 2.46. The molecule has 3 nitrogen and oxygen atoms in total. The molecule has 0 atom stereocenters. The molecule has 0 spiro atoms. The van der Waals surface area contributed by atoms with Crippen LogP contribution in [0.15, 0.2) is 42.6 Å². The van der Waals surface area contributed by atoms with Gasteiger partial charge in [0.15, 0.2) is 5.78 Å². The van der Waals surface area contributed by atoms with Crippen molar-refractivity contribution in [3.63, 3.8) is 0 Å². The fourth-order valence-electron chi connectivity index (χ4n) is 1.73. The molecule has 0 N–H and O–H groups in total. The Morgan fingerprint density at radius 3 is 2.56 bits per heavy atom. The number of hydrogen-bond acceptors (Lipinski definition) is 3. The molecular weight excluding hydrogens is 226 g/mol. The van der Waals surface area contributed by atoms with E-state index >= 15 is 0 Å². The van der Waals surface area contributed by atoms with Crippen LogP contribution in [-0.2, 0) is 0 Å². The third-order valence-electron chi connectivity index (χ3n) is 2.79. The first-order chi connectivity index (χ1) is 8.74. The van der Waals surface area contributed by atoms with Gasteiger partial charge >= 0.3 is 0 Å². The standard InChI is InChI=1S/C15H15NO2/c1-3-15(17)12-8-9-16-14(10-12)11-4-6-13(18-2)7-5-11/h4-10H,3H2,1-2H3. The predicted octanol–water partition coefficient (Wildman–Crippen LogP) is 3.35. The molecule has 0 unspecified atom stereocenters. The average molecular weight is 241 g/mol. The van der Waals surface area contributed by atoms with Crippen molar-refractivity contribution >= 4 is 5.78 Å². The van der Waals surface area contributed by atoms with Crippen molar-refractivity contribution in [1.82, 2.24) is 4.98 Å². The molecule has 0 saturated heterocycles. The zero-order valence-electron chi connectivity index (χ0n) is 10.5. The molecule has 2 aromatic rings. The molecule has 0 aliphatic carbocycles. The van der Waals surface area contributed by atoms with Crippen molar-refractivity contribution in [3.05, 3.63) is 48.2 Å². The molecule has 1 aromatic heterocycles. The number of ether oxygens (including phenoxy) is 1. The van der Waals surface area contributed by atoms with Gasteiger partial charge in [0, 0.05) is 23.7 Å². The minimum Gasteiger partial charge on any atom is -0.497 e. The van der Waals surface area contributed by atoms with Crippen molar-refractivity contribution in [1.29, 1.82) is 0 Å². The molecule has 2 rings (SSSR count). The van der Waals surface area contributed by atoms with E-state index in [1.807, 2.05) is 37.3 Å². The molecule has 3 heteroatoms. The number of hydrogen-bond donors (Lipinski definition) is 0. The summed E-state index contributed by atoms with van der Waals surface area (Å²) >= 11 is 0. The van der Waals surface area contributed by atoms with Gasteiger partial charge in [-0.15, -0.1) is 0 Å². The number of ketones is 1. The van der Waals surface area contributed by atoms with Crippen LogP contribution in [0.3, 0.4) is 0 Å². The van der Waals surface area contributed by atoms with Gasteiger partial charge in [-0.25, -0.2) is 0 Å². The number of Topliss-reactive ketones (excluding diaryl/α,β-unsaturated/α-hetero) is 1. The normalized spacial score (nSPS) is 10.1. The SMILES string of the molecule is CCC(=O)c1ccnc(-c2ccc(OC)cc2)c1. The summed E-state index contributed by atoms with van der Waals surface area (Å²) in [5.74, 6) is 0.937. The highest BCUT2D eigenvalue weighted by Gasteiger charge is 2.06. The van der Waals surface area contributed by atoms with Crippen molar-refractivity contribution < 1.29 is 9.53 Å². The monoisotopic (exact) mass is 241 g/mol. The zero-order valence-corrected chi connectivity index (χ0v) is 10.5. The molecule has 0 fully saturated rings. The van der Waals surface area contributed by atoms with Crippen LogP contribution in [-0.4, -0.2) is 17.9 Å². The summed E-state index contributed by atoms with van der Waals surface area (Å²) in [6, 6.07) is 11.2. The Kier molecular flexibility index (Phi) is 3.72. The van der Waals surface area contributed by atoms with Gasteiger partial charge in [-0.2, -0.15) is 0 Å². The molecule has 0 aliphatic heterocycles. The number of nitrogens with zero attached hydrogens (tertiary/aromatic N) is 1. The van der Waals surface area contributed by atoms with E-state index in [1.54, 1.807) is 19.4 Å². The summed E-state index contributed by atoms with van der Waals surface area (Å²) in [5.41, 5.74) is 2.48. The van der Waals surface area contributed by atoms with Crippen LogP contribution < -0.4 is 4.74 Å². The molecule has 0 saturated carbocycles. The van der Waals surface area contributed by atoms with E-state index < -0.39 is 0 Å². The van der Waals surface area contributed by atoms with Crippen LogP contribution in [0.1, 0.15) is 23.7 Å². The maximum absolute atomic E-state index is 11.6. The third kappa shape index (κ3) is 2.56. The minimum absolute atomic E-state index is 0.132. The summed E-state index contributed by atoms with van der Waals surface area (Å²) in [4.78, 5) is 15.9. The van der Waals surface area contributed by atoms with E-state index in [0.29, 0.717) is 12.0 Å². The third-order valence-corrected chi connectivity index (χ3v) is 2.79. The number of aromatic nitrogens is 1. The summed E-state index contributed by atoms with van der Waals surface area (Å²) in [6.45, 7) is 1.86. The number of carbonyl (C=O) groups excluding carboxylic acids is 1. The van der Waals surface area contributed by atoms with Crippen LogP contribution in [0.5, 0.6) is 5.75 Å². The molecule has 1 aromatic carbocycles. The topological polar surface area (TPSA) is 39.2 Å². The van der Waals surface area contributed by atoms with E-state index in [4.69, 9.17) is 4.74 Å². The smallest absolute Gasteiger partial charge is 0.162 e. The first-order valence-electron chi connectivity index (χ1n) is 5.88. The second-order valence-electron chi connectivity index (χ2n) is 3.93. The quantitative estimate of drug-likeness (QED) is 0.770. The Balaban J connectivity index is 2.35. The number of methoxy groups -OCH3 is 1. The summed E-state index contributed by atoms with van der Waals surface area (Å²) in [6.07, 6.45) is 2.18. The van der Waals surface area contributed by atoms with E-state index in [-0.39, 0.29) is 5.78 Å². The van der Waals surface area contributed by atoms with Gasteiger partial charge in [-0.3, -0.25) is 9.78 Å². The second kappa shape index (κ2) is 5.45. The highest BCUT2D eigenvalue weighted by atomic mass is 16.5. The number of benzene rings is 1. The molecule has 0 bridgehead atoms. The summed E-state index contributed by atoms with van der Waals surface area (Å²) in [5, 5.41) is 0. The van der Waals surface area contributed by atoms with Gasteiger partial charge in [0.1, 0.15) is 5.75 Å². The number of pyridine rings is 1. The lowest BCUT2D eigenvalue weighted by Gasteiger charge is -2.04. The number of carbonyl (C=O) groups is 1. The maximum atomic E-state index is 11.6. The predicted molar refractivity (Wildman–Crippen MR) is 70.8 cm³/mol. The lowest BCUT2D eigenvalue weighted by atomic mass is 10.1. The van der Waals surface area contributed by atoms with Gasteiger partial charge in [0.25, 0.3) is 0 Å². The summed E-state index contributed by atoms with van der Waals surface area (Å²) < 4.78 is 5.11. The fraction of sp³-hybridized carbons (Fsp3) is 0.200. The van der Waals surface area contributed by atoms with Gasteiger partial charge in [-0.1, -0.05) is 6.92 Å². The first kappa shape index (κ1) is 12.3. The minimum atomic E-state index is 0.132. The van der Waals surface area contributed by atoms with E-state index in [1.165, 1.54) is 0 Å². The van der Waals surface area contributed by atoms with Gasteiger partial charge < -0.3 is 4.74 Å². The second-order valence-corrected chi connectivity index (χ2v) is 3.93. The summed E-state index contributed by atoms with van der Waals surface area (Å²) in [7, 11) is 1.63. The molecule has 0 radical (unpaired) electrons. The Morgan fingerprint density at radius 2 is 1.94 bits per heavy atom. The van der Waals surface area contributed by atoms with E-state index in [9.17, 15) is 4.79 Å². The highest BCUT2D eigenvalue weighted by molar-refractivity contribution is 5.96. The molecule has 0 aliphatic rings. The fourth-order valence-corrected chi connectivity index (χ4v) is 1.73.